The molecule has 1 rings (SSSR count). The highest BCUT2D eigenvalue weighted by Gasteiger charge is 2.10. The molecule has 5 nitrogen and oxygen atoms in total. The summed E-state index contributed by atoms with van der Waals surface area (Å²) in [5, 5.41) is 14.0. The lowest BCUT2D eigenvalue weighted by Gasteiger charge is -2.03. The van der Waals surface area contributed by atoms with Crippen LogP contribution in [-0.4, -0.2) is 22.7 Å². The fourth-order valence-corrected chi connectivity index (χ4v) is 1.41. The summed E-state index contributed by atoms with van der Waals surface area (Å²) in [5.41, 5.74) is 0.233. The summed E-state index contributed by atoms with van der Waals surface area (Å²) < 4.78 is 0. The van der Waals surface area contributed by atoms with Crippen molar-refractivity contribution in [2.24, 2.45) is 0 Å². The molecule has 1 aromatic carbocycles. The Morgan fingerprint density at radius 1 is 1.50 bits per heavy atom. The molecule has 0 aromatic heterocycles. The molecule has 16 heavy (non-hydrogen) atoms. The van der Waals surface area contributed by atoms with Crippen molar-refractivity contribution in [1.82, 2.24) is 5.32 Å². The van der Waals surface area contributed by atoms with Crippen LogP contribution in [0.3, 0.4) is 0 Å². The van der Waals surface area contributed by atoms with Crippen molar-refractivity contribution in [2.45, 2.75) is 6.42 Å². The second kappa shape index (κ2) is 6.22. The van der Waals surface area contributed by atoms with Gasteiger partial charge in [0.05, 0.1) is 4.92 Å². The monoisotopic (exact) mass is 286 g/mol. The van der Waals surface area contributed by atoms with Crippen LogP contribution in [0, 0.1) is 10.1 Å². The number of nitro benzene ring substituents is 1. The van der Waals surface area contributed by atoms with E-state index in [1.165, 1.54) is 18.2 Å². The number of rotatable bonds is 5. The topological polar surface area (TPSA) is 72.2 Å². The van der Waals surface area contributed by atoms with Crippen LogP contribution >= 0.6 is 15.9 Å². The Bertz CT molecular complexity index is 395. The minimum Gasteiger partial charge on any atom is -0.352 e. The minimum atomic E-state index is -0.519. The highest BCUT2D eigenvalue weighted by Crippen LogP contribution is 2.12. The maximum Gasteiger partial charge on any atom is 0.270 e. The Labute approximate surface area is 101 Å². The molecule has 0 radical (unpaired) electrons. The maximum absolute atomic E-state index is 11.5. The average Bonchev–Trinajstić information content (AvgIpc) is 2.29. The summed E-state index contributed by atoms with van der Waals surface area (Å²) >= 11 is 3.25. The first-order valence-electron chi connectivity index (χ1n) is 4.74. The van der Waals surface area contributed by atoms with Crippen LogP contribution in [0.15, 0.2) is 24.3 Å². The molecule has 86 valence electrons. The van der Waals surface area contributed by atoms with E-state index in [9.17, 15) is 14.9 Å². The molecule has 0 fully saturated rings. The normalized spacial score (nSPS) is 9.81. The van der Waals surface area contributed by atoms with Crippen LogP contribution < -0.4 is 5.32 Å². The van der Waals surface area contributed by atoms with E-state index in [-0.39, 0.29) is 11.6 Å². The molecule has 0 unspecified atom stereocenters. The molecule has 0 atom stereocenters. The number of benzene rings is 1. The number of carbonyl (C=O) groups is 1. The number of alkyl halides is 1. The Hall–Kier alpha value is -1.43. The Kier molecular flexibility index (Phi) is 4.91. The van der Waals surface area contributed by atoms with Gasteiger partial charge in [-0.05, 0) is 12.5 Å². The van der Waals surface area contributed by atoms with Crippen LogP contribution in [0.1, 0.15) is 16.8 Å². The van der Waals surface area contributed by atoms with Crippen LogP contribution in [0.25, 0.3) is 0 Å². The zero-order valence-corrected chi connectivity index (χ0v) is 10.1. The number of halogens is 1. The first-order chi connectivity index (χ1) is 7.65. The van der Waals surface area contributed by atoms with E-state index >= 15 is 0 Å². The number of hydrogen-bond acceptors (Lipinski definition) is 3. The summed E-state index contributed by atoms with van der Waals surface area (Å²) in [5.74, 6) is -0.287. The van der Waals surface area contributed by atoms with Gasteiger partial charge in [-0.2, -0.15) is 0 Å². The maximum atomic E-state index is 11.5. The fourth-order valence-electron chi connectivity index (χ4n) is 1.13. The van der Waals surface area contributed by atoms with E-state index in [4.69, 9.17) is 0 Å². The quantitative estimate of drug-likeness (QED) is 0.390. The Balaban J connectivity index is 2.68. The third-order valence-electron chi connectivity index (χ3n) is 1.92. The van der Waals surface area contributed by atoms with E-state index in [1.54, 1.807) is 6.07 Å². The number of carbonyl (C=O) groups excluding carboxylic acids is 1. The average molecular weight is 287 g/mol. The standard InChI is InChI=1S/C10H11BrN2O3/c11-5-2-6-12-10(14)8-3-1-4-9(7-8)13(15)16/h1,3-4,7H,2,5-6H2,(H,12,14). The zero-order chi connectivity index (χ0) is 12.0. The van der Waals surface area contributed by atoms with Crippen LogP contribution in [0.5, 0.6) is 0 Å². The van der Waals surface area contributed by atoms with E-state index in [2.05, 4.69) is 21.2 Å². The number of amides is 1. The molecule has 1 N–H and O–H groups in total. The summed E-state index contributed by atoms with van der Waals surface area (Å²) in [4.78, 5) is 21.5. The number of non-ortho nitro benzene ring substituents is 1. The van der Waals surface area contributed by atoms with Gasteiger partial charge < -0.3 is 5.32 Å². The SMILES string of the molecule is O=C(NCCCBr)c1cccc([N+](=O)[O-])c1. The third kappa shape index (κ3) is 3.62. The largest absolute Gasteiger partial charge is 0.352 e. The van der Waals surface area contributed by atoms with Gasteiger partial charge in [-0.25, -0.2) is 0 Å². The minimum absolute atomic E-state index is 0.0758. The van der Waals surface area contributed by atoms with Crippen molar-refractivity contribution in [2.75, 3.05) is 11.9 Å². The first-order valence-corrected chi connectivity index (χ1v) is 5.86. The number of nitrogens with zero attached hydrogens (tertiary/aromatic N) is 1. The summed E-state index contributed by atoms with van der Waals surface area (Å²) in [7, 11) is 0. The molecule has 0 bridgehead atoms. The highest BCUT2D eigenvalue weighted by molar-refractivity contribution is 9.09. The van der Waals surface area contributed by atoms with Crippen LogP contribution in [-0.2, 0) is 0 Å². The van der Waals surface area contributed by atoms with E-state index in [1.807, 2.05) is 0 Å². The fraction of sp³-hybridized carbons (Fsp3) is 0.300. The molecule has 0 saturated carbocycles. The van der Waals surface area contributed by atoms with Gasteiger partial charge in [-0.3, -0.25) is 14.9 Å². The van der Waals surface area contributed by atoms with Gasteiger partial charge in [0.1, 0.15) is 0 Å². The molecule has 1 amide bonds. The molecule has 0 aliphatic carbocycles. The summed E-state index contributed by atoms with van der Waals surface area (Å²) in [6, 6.07) is 5.67. The summed E-state index contributed by atoms with van der Waals surface area (Å²) in [6.07, 6.45) is 0.820. The van der Waals surface area contributed by atoms with Crippen molar-refractivity contribution in [3.05, 3.63) is 39.9 Å². The zero-order valence-electron chi connectivity index (χ0n) is 8.48. The highest BCUT2D eigenvalue weighted by atomic mass is 79.9. The van der Waals surface area contributed by atoms with E-state index in [0.717, 1.165) is 11.8 Å². The lowest BCUT2D eigenvalue weighted by molar-refractivity contribution is -0.384. The second-order valence-corrected chi connectivity index (χ2v) is 3.90. The molecular formula is C10H11BrN2O3. The lowest BCUT2D eigenvalue weighted by Crippen LogP contribution is -2.24. The lowest BCUT2D eigenvalue weighted by atomic mass is 10.2. The Morgan fingerprint density at radius 3 is 2.88 bits per heavy atom. The predicted molar refractivity (Wildman–Crippen MR) is 63.8 cm³/mol. The number of nitro groups is 1. The number of hydrogen-bond donors (Lipinski definition) is 1. The Morgan fingerprint density at radius 2 is 2.25 bits per heavy atom. The van der Waals surface area contributed by atoms with Gasteiger partial charge in [0.2, 0.25) is 0 Å². The van der Waals surface area contributed by atoms with Crippen LogP contribution in [0.4, 0.5) is 5.69 Å². The smallest absolute Gasteiger partial charge is 0.270 e. The van der Waals surface area contributed by atoms with Crippen molar-refractivity contribution < 1.29 is 9.72 Å². The van der Waals surface area contributed by atoms with Gasteiger partial charge >= 0.3 is 0 Å². The van der Waals surface area contributed by atoms with Gasteiger partial charge in [0.25, 0.3) is 11.6 Å². The van der Waals surface area contributed by atoms with Crippen molar-refractivity contribution in [3.63, 3.8) is 0 Å². The second-order valence-electron chi connectivity index (χ2n) is 3.11. The first kappa shape index (κ1) is 12.6. The van der Waals surface area contributed by atoms with E-state index < -0.39 is 4.92 Å². The molecule has 0 spiro atoms. The van der Waals surface area contributed by atoms with Gasteiger partial charge in [0, 0.05) is 29.6 Å². The van der Waals surface area contributed by atoms with Crippen LogP contribution in [0.2, 0.25) is 0 Å². The molecule has 0 aliphatic heterocycles. The van der Waals surface area contributed by atoms with E-state index in [0.29, 0.717) is 12.1 Å². The van der Waals surface area contributed by atoms with Crippen molar-refractivity contribution >= 4 is 27.5 Å². The van der Waals surface area contributed by atoms with Gasteiger partial charge in [0.15, 0.2) is 0 Å². The molecule has 0 heterocycles. The predicted octanol–water partition coefficient (Wildman–Crippen LogP) is 2.11. The number of nitrogens with one attached hydrogen (secondary N) is 1. The molecule has 6 heteroatoms. The molecule has 1 aromatic rings. The molecule has 0 aliphatic rings. The van der Waals surface area contributed by atoms with Crippen molar-refractivity contribution in [1.29, 1.82) is 0 Å². The molecular weight excluding hydrogens is 276 g/mol. The third-order valence-corrected chi connectivity index (χ3v) is 2.48. The summed E-state index contributed by atoms with van der Waals surface area (Å²) in [6.45, 7) is 0.548. The van der Waals surface area contributed by atoms with Gasteiger partial charge in [-0.1, -0.05) is 22.0 Å². The van der Waals surface area contributed by atoms with Gasteiger partial charge in [-0.15, -0.1) is 0 Å². The van der Waals surface area contributed by atoms with Crippen molar-refractivity contribution in [3.8, 4) is 0 Å². The molecule has 0 saturated heterocycles.